The fourth-order valence-corrected chi connectivity index (χ4v) is 2.37. The van der Waals surface area contributed by atoms with Crippen LogP contribution in [0.2, 0.25) is 0 Å². The Bertz CT molecular complexity index is 672. The van der Waals surface area contributed by atoms with Crippen molar-refractivity contribution in [1.82, 2.24) is 0 Å². The van der Waals surface area contributed by atoms with Crippen molar-refractivity contribution in [2.75, 3.05) is 12.4 Å². The molecular weight excluding hydrogens is 274 g/mol. The fourth-order valence-electron chi connectivity index (χ4n) is 2.37. The Morgan fingerprint density at radius 3 is 2.23 bits per heavy atom. The molecule has 0 heterocycles. The number of hydrogen-bond acceptors (Lipinski definition) is 2. The van der Waals surface area contributed by atoms with Crippen molar-refractivity contribution in [3.8, 4) is 5.75 Å². The minimum atomic E-state index is -0.621. The van der Waals surface area contributed by atoms with E-state index in [1.807, 2.05) is 64.1 Å². The molecule has 2 aromatic rings. The number of hydrogen-bond donors (Lipinski definition) is 1. The third-order valence-corrected chi connectivity index (χ3v) is 4.01. The first-order valence-electron chi connectivity index (χ1n) is 7.38. The molecule has 1 amide bonds. The average Bonchev–Trinajstić information content (AvgIpc) is 2.50. The second kappa shape index (κ2) is 6.22. The van der Waals surface area contributed by atoms with E-state index in [1.165, 1.54) is 5.56 Å². The van der Waals surface area contributed by atoms with Crippen molar-refractivity contribution in [2.24, 2.45) is 0 Å². The molecule has 0 bridgehead atoms. The van der Waals surface area contributed by atoms with Gasteiger partial charge in [-0.1, -0.05) is 29.8 Å². The van der Waals surface area contributed by atoms with Gasteiger partial charge in [0.05, 0.1) is 12.5 Å². The normalized spacial score (nSPS) is 11.1. The second-order valence-electron chi connectivity index (χ2n) is 6.13. The summed E-state index contributed by atoms with van der Waals surface area (Å²) in [7, 11) is 1.63. The molecule has 22 heavy (non-hydrogen) atoms. The van der Waals surface area contributed by atoms with Crippen LogP contribution in [0.3, 0.4) is 0 Å². The maximum absolute atomic E-state index is 12.7. The van der Waals surface area contributed by atoms with Gasteiger partial charge in [0.25, 0.3) is 0 Å². The zero-order valence-electron chi connectivity index (χ0n) is 13.9. The molecule has 0 saturated heterocycles. The molecule has 0 radical (unpaired) electrons. The molecule has 3 nitrogen and oxygen atoms in total. The number of rotatable bonds is 4. The van der Waals surface area contributed by atoms with Gasteiger partial charge in [-0.05, 0) is 57.0 Å². The Kier molecular flexibility index (Phi) is 4.55. The molecule has 0 fully saturated rings. The van der Waals surface area contributed by atoms with E-state index in [4.69, 9.17) is 4.74 Å². The van der Waals surface area contributed by atoms with E-state index in [-0.39, 0.29) is 5.91 Å². The van der Waals surface area contributed by atoms with Crippen LogP contribution in [-0.2, 0) is 10.2 Å². The predicted octanol–water partition coefficient (Wildman–Crippen LogP) is 4.23. The molecule has 0 atom stereocenters. The highest BCUT2D eigenvalue weighted by Crippen LogP contribution is 2.27. The highest BCUT2D eigenvalue weighted by atomic mass is 16.5. The standard InChI is InChI=1S/C19H23NO2/c1-13-6-11-17(14(2)12-13)20-18(21)19(3,4)15-7-9-16(22-5)10-8-15/h6-12H,1-5H3,(H,20,21). The van der Waals surface area contributed by atoms with E-state index in [1.54, 1.807) is 7.11 Å². The molecule has 0 aliphatic rings. The molecule has 0 unspecified atom stereocenters. The first-order valence-corrected chi connectivity index (χ1v) is 7.38. The number of carbonyl (C=O) groups excluding carboxylic acids is 1. The summed E-state index contributed by atoms with van der Waals surface area (Å²) >= 11 is 0. The Morgan fingerprint density at radius 1 is 1.05 bits per heavy atom. The number of methoxy groups -OCH3 is 1. The van der Waals surface area contributed by atoms with Crippen LogP contribution in [-0.4, -0.2) is 13.0 Å². The molecular formula is C19H23NO2. The number of amides is 1. The van der Waals surface area contributed by atoms with Crippen LogP contribution in [0.15, 0.2) is 42.5 Å². The first kappa shape index (κ1) is 16.1. The maximum Gasteiger partial charge on any atom is 0.234 e. The Morgan fingerprint density at radius 2 is 1.68 bits per heavy atom. The van der Waals surface area contributed by atoms with E-state index in [9.17, 15) is 4.79 Å². The van der Waals surface area contributed by atoms with E-state index in [0.717, 1.165) is 22.6 Å². The number of carbonyl (C=O) groups is 1. The van der Waals surface area contributed by atoms with Crippen LogP contribution in [0.4, 0.5) is 5.69 Å². The summed E-state index contributed by atoms with van der Waals surface area (Å²) in [5, 5.41) is 3.03. The molecule has 0 spiro atoms. The van der Waals surface area contributed by atoms with Crippen molar-refractivity contribution in [3.63, 3.8) is 0 Å². The van der Waals surface area contributed by atoms with Gasteiger partial charge in [0.1, 0.15) is 5.75 Å². The lowest BCUT2D eigenvalue weighted by Crippen LogP contribution is -2.34. The van der Waals surface area contributed by atoms with E-state index in [0.29, 0.717) is 0 Å². The van der Waals surface area contributed by atoms with E-state index >= 15 is 0 Å². The SMILES string of the molecule is COc1ccc(C(C)(C)C(=O)Nc2ccc(C)cc2C)cc1. The molecule has 116 valence electrons. The van der Waals surface area contributed by atoms with Crippen molar-refractivity contribution < 1.29 is 9.53 Å². The number of anilines is 1. The second-order valence-corrected chi connectivity index (χ2v) is 6.13. The molecule has 3 heteroatoms. The Labute approximate surface area is 132 Å². The molecule has 1 N–H and O–H groups in total. The summed E-state index contributed by atoms with van der Waals surface area (Å²) in [6.45, 7) is 7.89. The maximum atomic E-state index is 12.7. The molecule has 2 aromatic carbocycles. The summed E-state index contributed by atoms with van der Waals surface area (Å²) < 4.78 is 5.16. The van der Waals surface area contributed by atoms with Crippen molar-refractivity contribution in [3.05, 3.63) is 59.2 Å². The third kappa shape index (κ3) is 3.30. The van der Waals surface area contributed by atoms with E-state index < -0.39 is 5.41 Å². The van der Waals surface area contributed by atoms with Crippen LogP contribution >= 0.6 is 0 Å². The summed E-state index contributed by atoms with van der Waals surface area (Å²) in [6.07, 6.45) is 0. The zero-order valence-corrected chi connectivity index (χ0v) is 13.9. The van der Waals surface area contributed by atoms with E-state index in [2.05, 4.69) is 11.4 Å². The van der Waals surface area contributed by atoms with Gasteiger partial charge in [-0.3, -0.25) is 4.79 Å². The minimum absolute atomic E-state index is 0.0235. The number of nitrogens with one attached hydrogen (secondary N) is 1. The molecule has 0 saturated carbocycles. The van der Waals surface area contributed by atoms with Crippen LogP contribution in [0.25, 0.3) is 0 Å². The Hall–Kier alpha value is -2.29. The van der Waals surface area contributed by atoms with Gasteiger partial charge in [0.15, 0.2) is 0 Å². The fraction of sp³-hybridized carbons (Fsp3) is 0.316. The van der Waals surface area contributed by atoms with Gasteiger partial charge in [-0.15, -0.1) is 0 Å². The molecule has 0 aromatic heterocycles. The summed E-state index contributed by atoms with van der Waals surface area (Å²) in [4.78, 5) is 12.7. The molecule has 2 rings (SSSR count). The van der Waals surface area contributed by atoms with Gasteiger partial charge in [-0.2, -0.15) is 0 Å². The Balaban J connectivity index is 2.22. The smallest absolute Gasteiger partial charge is 0.234 e. The summed E-state index contributed by atoms with van der Waals surface area (Å²) in [5.41, 5.74) is 3.44. The van der Waals surface area contributed by atoms with Gasteiger partial charge in [-0.25, -0.2) is 0 Å². The number of benzene rings is 2. The lowest BCUT2D eigenvalue weighted by Gasteiger charge is -2.25. The van der Waals surface area contributed by atoms with Gasteiger partial charge in [0.2, 0.25) is 5.91 Å². The molecule has 0 aliphatic carbocycles. The first-order chi connectivity index (χ1) is 10.3. The largest absolute Gasteiger partial charge is 0.497 e. The van der Waals surface area contributed by atoms with Crippen molar-refractivity contribution >= 4 is 11.6 Å². The lowest BCUT2D eigenvalue weighted by atomic mass is 9.83. The minimum Gasteiger partial charge on any atom is -0.497 e. The van der Waals surface area contributed by atoms with Crippen molar-refractivity contribution in [2.45, 2.75) is 33.1 Å². The van der Waals surface area contributed by atoms with Gasteiger partial charge >= 0.3 is 0 Å². The molecule has 0 aliphatic heterocycles. The van der Waals surface area contributed by atoms with Crippen LogP contribution in [0.1, 0.15) is 30.5 Å². The topological polar surface area (TPSA) is 38.3 Å². The van der Waals surface area contributed by atoms with Crippen molar-refractivity contribution in [1.29, 1.82) is 0 Å². The number of ether oxygens (including phenoxy) is 1. The highest BCUT2D eigenvalue weighted by molar-refractivity contribution is 5.99. The lowest BCUT2D eigenvalue weighted by molar-refractivity contribution is -0.120. The predicted molar refractivity (Wildman–Crippen MR) is 90.6 cm³/mol. The zero-order chi connectivity index (χ0) is 16.3. The quantitative estimate of drug-likeness (QED) is 0.917. The summed E-state index contributed by atoms with van der Waals surface area (Å²) in [6, 6.07) is 13.6. The highest BCUT2D eigenvalue weighted by Gasteiger charge is 2.30. The number of aryl methyl sites for hydroxylation is 2. The summed E-state index contributed by atoms with van der Waals surface area (Å²) in [5.74, 6) is 0.763. The van der Waals surface area contributed by atoms with Crippen LogP contribution < -0.4 is 10.1 Å². The third-order valence-electron chi connectivity index (χ3n) is 4.01. The van der Waals surface area contributed by atoms with Crippen LogP contribution in [0, 0.1) is 13.8 Å². The average molecular weight is 297 g/mol. The van der Waals surface area contributed by atoms with Crippen LogP contribution in [0.5, 0.6) is 5.75 Å². The monoisotopic (exact) mass is 297 g/mol. The van der Waals surface area contributed by atoms with Gasteiger partial charge < -0.3 is 10.1 Å². The van der Waals surface area contributed by atoms with Gasteiger partial charge in [0, 0.05) is 5.69 Å².